The maximum atomic E-state index is 10.9. The van der Waals surface area contributed by atoms with Gasteiger partial charge in [0.15, 0.2) is 0 Å². The molecule has 1 aliphatic rings. The van der Waals surface area contributed by atoms with Crippen molar-refractivity contribution in [3.05, 3.63) is 12.4 Å². The van der Waals surface area contributed by atoms with E-state index in [4.69, 9.17) is 11.7 Å². The number of hydrazine groups is 2. The fourth-order valence-electron chi connectivity index (χ4n) is 1.44. The number of carbonyl (C=O) groups is 2. The lowest BCUT2D eigenvalue weighted by atomic mass is 10.4. The van der Waals surface area contributed by atoms with Gasteiger partial charge in [-0.05, 0) is 0 Å². The van der Waals surface area contributed by atoms with Crippen LogP contribution in [0.15, 0.2) is 12.4 Å². The maximum Gasteiger partial charge on any atom is 0.235 e. The molecular weight excluding hydrogens is 224 g/mol. The van der Waals surface area contributed by atoms with E-state index in [1.54, 1.807) is 0 Å². The lowest BCUT2D eigenvalue weighted by molar-refractivity contribution is -0.122. The molecule has 0 aromatic heterocycles. The number of rotatable bonds is 6. The summed E-state index contributed by atoms with van der Waals surface area (Å²) in [4.78, 5) is 25.8. The Morgan fingerprint density at radius 3 is 1.76 bits per heavy atom. The Hall–Kier alpha value is -1.80. The summed E-state index contributed by atoms with van der Waals surface area (Å²) in [5, 5.41) is 0. The minimum atomic E-state index is -0.195. The predicted octanol–water partition coefficient (Wildman–Crippen LogP) is -2.21. The molecule has 0 saturated heterocycles. The second-order valence-corrected chi connectivity index (χ2v) is 3.70. The first-order valence-electron chi connectivity index (χ1n) is 5.31. The summed E-state index contributed by atoms with van der Waals surface area (Å²) in [5.74, 6) is 9.57. The van der Waals surface area contributed by atoms with Gasteiger partial charge in [-0.2, -0.15) is 0 Å². The van der Waals surface area contributed by atoms with Gasteiger partial charge in [-0.1, -0.05) is 0 Å². The third kappa shape index (κ3) is 4.70. The molecule has 0 fully saturated rings. The van der Waals surface area contributed by atoms with Gasteiger partial charge in [0.05, 0.1) is 6.67 Å². The van der Waals surface area contributed by atoms with E-state index in [-0.39, 0.29) is 11.8 Å². The van der Waals surface area contributed by atoms with Crippen molar-refractivity contribution in [1.82, 2.24) is 20.7 Å². The fourth-order valence-corrected chi connectivity index (χ4v) is 1.44. The van der Waals surface area contributed by atoms with Crippen LogP contribution in [-0.4, -0.2) is 41.4 Å². The van der Waals surface area contributed by atoms with E-state index >= 15 is 0 Å². The molecule has 0 bridgehead atoms. The first-order valence-corrected chi connectivity index (χ1v) is 5.31. The zero-order valence-corrected chi connectivity index (χ0v) is 9.56. The SMILES string of the molecule is NNC(=O)CCN1C=CN(CCC(=O)NN)C1. The molecule has 8 heteroatoms. The van der Waals surface area contributed by atoms with Gasteiger partial charge in [-0.3, -0.25) is 20.4 Å². The van der Waals surface area contributed by atoms with E-state index in [9.17, 15) is 9.59 Å². The third-order valence-corrected chi connectivity index (χ3v) is 2.43. The van der Waals surface area contributed by atoms with Gasteiger partial charge in [-0.25, -0.2) is 11.7 Å². The molecule has 17 heavy (non-hydrogen) atoms. The van der Waals surface area contributed by atoms with E-state index in [0.717, 1.165) is 0 Å². The Labute approximate surface area is 99.5 Å². The Kier molecular flexibility index (Phi) is 5.24. The molecule has 0 unspecified atom stereocenters. The van der Waals surface area contributed by atoms with Gasteiger partial charge in [-0.15, -0.1) is 0 Å². The average molecular weight is 242 g/mol. The van der Waals surface area contributed by atoms with Crippen LogP contribution in [0.3, 0.4) is 0 Å². The number of nitrogens with zero attached hydrogens (tertiary/aromatic N) is 2. The van der Waals surface area contributed by atoms with Gasteiger partial charge in [0.25, 0.3) is 0 Å². The van der Waals surface area contributed by atoms with Crippen LogP contribution in [0.4, 0.5) is 0 Å². The standard InChI is InChI=1S/C9H18N6O2/c10-12-8(16)1-3-14-5-6-15(7-14)4-2-9(17)13-11/h5-6H,1-4,7,10-11H2,(H,12,16)(H,13,17). The number of hydrogen-bond acceptors (Lipinski definition) is 6. The van der Waals surface area contributed by atoms with Crippen LogP contribution in [0.5, 0.6) is 0 Å². The number of carbonyl (C=O) groups excluding carboxylic acids is 2. The quantitative estimate of drug-likeness (QED) is 0.238. The van der Waals surface area contributed by atoms with E-state index in [0.29, 0.717) is 32.6 Å². The zero-order valence-electron chi connectivity index (χ0n) is 9.56. The minimum Gasteiger partial charge on any atom is -0.358 e. The molecule has 6 N–H and O–H groups in total. The molecule has 1 rings (SSSR count). The summed E-state index contributed by atoms with van der Waals surface area (Å²) >= 11 is 0. The number of nitrogens with two attached hydrogens (primary N) is 2. The Morgan fingerprint density at radius 1 is 1.00 bits per heavy atom. The van der Waals surface area contributed by atoms with Crippen LogP contribution in [0.25, 0.3) is 0 Å². The van der Waals surface area contributed by atoms with E-state index in [2.05, 4.69) is 10.9 Å². The smallest absolute Gasteiger partial charge is 0.235 e. The molecule has 0 aromatic carbocycles. The molecule has 2 amide bonds. The topological polar surface area (TPSA) is 117 Å². The normalized spacial score (nSPS) is 14.0. The van der Waals surface area contributed by atoms with Crippen LogP contribution < -0.4 is 22.5 Å². The molecule has 0 spiro atoms. The maximum absolute atomic E-state index is 10.9. The lowest BCUT2D eigenvalue weighted by Crippen LogP contribution is -2.35. The number of nitrogens with one attached hydrogen (secondary N) is 2. The van der Waals surface area contributed by atoms with Crippen LogP contribution in [0.1, 0.15) is 12.8 Å². The van der Waals surface area contributed by atoms with Gasteiger partial charge in [0.1, 0.15) is 0 Å². The highest BCUT2D eigenvalue weighted by molar-refractivity contribution is 5.75. The van der Waals surface area contributed by atoms with Crippen LogP contribution in [-0.2, 0) is 9.59 Å². The van der Waals surface area contributed by atoms with Crippen LogP contribution >= 0.6 is 0 Å². The van der Waals surface area contributed by atoms with Crippen LogP contribution in [0, 0.1) is 0 Å². The average Bonchev–Trinajstić information content (AvgIpc) is 2.80. The minimum absolute atomic E-state index is 0.195. The molecule has 8 nitrogen and oxygen atoms in total. The van der Waals surface area contributed by atoms with E-state index in [1.165, 1.54) is 0 Å². The van der Waals surface area contributed by atoms with Crippen molar-refractivity contribution in [2.45, 2.75) is 12.8 Å². The lowest BCUT2D eigenvalue weighted by Gasteiger charge is -2.20. The molecule has 96 valence electrons. The molecule has 1 aliphatic heterocycles. The van der Waals surface area contributed by atoms with Crippen molar-refractivity contribution in [2.75, 3.05) is 19.8 Å². The second kappa shape index (κ2) is 6.71. The molecule has 0 saturated carbocycles. The molecule has 1 heterocycles. The zero-order chi connectivity index (χ0) is 12.7. The van der Waals surface area contributed by atoms with Crippen molar-refractivity contribution in [3.8, 4) is 0 Å². The first-order chi connectivity index (χ1) is 8.15. The summed E-state index contributed by atoms with van der Waals surface area (Å²) < 4.78 is 0. The molecule has 0 atom stereocenters. The molecular formula is C9H18N6O2. The largest absolute Gasteiger partial charge is 0.358 e. The summed E-state index contributed by atoms with van der Waals surface area (Å²) in [6, 6.07) is 0. The van der Waals surface area contributed by atoms with Crippen molar-refractivity contribution >= 4 is 11.8 Å². The van der Waals surface area contributed by atoms with Crippen molar-refractivity contribution in [3.63, 3.8) is 0 Å². The summed E-state index contributed by atoms with van der Waals surface area (Å²) in [6.45, 7) is 1.86. The highest BCUT2D eigenvalue weighted by Crippen LogP contribution is 2.07. The highest BCUT2D eigenvalue weighted by atomic mass is 16.2. The third-order valence-electron chi connectivity index (χ3n) is 2.43. The Balaban J connectivity index is 2.17. The Bertz CT molecular complexity index is 278. The number of amides is 2. The predicted molar refractivity (Wildman–Crippen MR) is 61.3 cm³/mol. The number of hydrogen-bond donors (Lipinski definition) is 4. The summed E-state index contributed by atoms with van der Waals surface area (Å²) in [7, 11) is 0. The van der Waals surface area contributed by atoms with Crippen molar-refractivity contribution < 1.29 is 9.59 Å². The van der Waals surface area contributed by atoms with Gasteiger partial charge in [0.2, 0.25) is 11.8 Å². The molecule has 0 aromatic rings. The van der Waals surface area contributed by atoms with Gasteiger partial charge in [0, 0.05) is 38.3 Å². The molecule has 0 aliphatic carbocycles. The summed E-state index contributed by atoms with van der Waals surface area (Å²) in [6.07, 6.45) is 4.45. The second-order valence-electron chi connectivity index (χ2n) is 3.70. The van der Waals surface area contributed by atoms with E-state index in [1.807, 2.05) is 22.2 Å². The van der Waals surface area contributed by atoms with Crippen molar-refractivity contribution in [2.24, 2.45) is 11.7 Å². The summed E-state index contributed by atoms with van der Waals surface area (Å²) in [5.41, 5.74) is 4.16. The molecule has 0 radical (unpaired) electrons. The van der Waals surface area contributed by atoms with Crippen molar-refractivity contribution in [1.29, 1.82) is 0 Å². The monoisotopic (exact) mass is 242 g/mol. The van der Waals surface area contributed by atoms with E-state index < -0.39 is 0 Å². The fraction of sp³-hybridized carbons (Fsp3) is 0.556. The Morgan fingerprint density at radius 2 is 1.41 bits per heavy atom. The van der Waals surface area contributed by atoms with Crippen LogP contribution in [0.2, 0.25) is 0 Å². The van der Waals surface area contributed by atoms with Gasteiger partial charge < -0.3 is 9.80 Å². The first kappa shape index (κ1) is 13.3. The van der Waals surface area contributed by atoms with Gasteiger partial charge >= 0.3 is 0 Å². The highest BCUT2D eigenvalue weighted by Gasteiger charge is 2.13.